The van der Waals surface area contributed by atoms with Crippen LogP contribution in [-0.4, -0.2) is 36.3 Å². The van der Waals surface area contributed by atoms with Gasteiger partial charge < -0.3 is 14.4 Å². The van der Waals surface area contributed by atoms with Gasteiger partial charge in [-0.15, -0.1) is 0 Å². The molecule has 1 amide bonds. The fraction of sp³-hybridized carbons (Fsp3) is 0.562. The van der Waals surface area contributed by atoms with E-state index in [2.05, 4.69) is 0 Å². The predicted octanol–water partition coefficient (Wildman–Crippen LogP) is 2.61. The lowest BCUT2D eigenvalue weighted by Gasteiger charge is -2.32. The van der Waals surface area contributed by atoms with Gasteiger partial charge in [0.05, 0.1) is 19.3 Å². The molecule has 1 heterocycles. The van der Waals surface area contributed by atoms with Gasteiger partial charge in [-0.2, -0.15) is 0 Å². The van der Waals surface area contributed by atoms with Crippen molar-refractivity contribution in [1.29, 1.82) is 0 Å². The molecule has 1 aromatic rings. The Morgan fingerprint density at radius 2 is 2.05 bits per heavy atom. The Balaban J connectivity index is 1.94. The van der Waals surface area contributed by atoms with Crippen molar-refractivity contribution in [2.75, 3.05) is 13.7 Å². The van der Waals surface area contributed by atoms with Crippen LogP contribution in [0, 0.1) is 0 Å². The Morgan fingerprint density at radius 1 is 1.40 bits per heavy atom. The lowest BCUT2D eigenvalue weighted by Crippen LogP contribution is -2.47. The second-order valence-corrected chi connectivity index (χ2v) is 5.83. The molecule has 4 heteroatoms. The monoisotopic (exact) mass is 277 g/mol. The third-order valence-corrected chi connectivity index (χ3v) is 3.75. The van der Waals surface area contributed by atoms with Crippen LogP contribution in [0.4, 0.5) is 0 Å². The number of hydrogen-bond acceptors (Lipinski definition) is 3. The van der Waals surface area contributed by atoms with Gasteiger partial charge in [0.1, 0.15) is 12.0 Å². The van der Waals surface area contributed by atoms with Gasteiger partial charge in [-0.05, 0) is 44.9 Å². The number of methoxy groups -OCH3 is 1. The Hall–Kier alpha value is -1.55. The molecule has 1 aromatic carbocycles. The molecule has 0 bridgehead atoms. The lowest BCUT2D eigenvalue weighted by atomic mass is 10.0. The fourth-order valence-corrected chi connectivity index (χ4v) is 2.67. The SMILES string of the molecule is COc1ccc(CCC(=O)N2C(C)OCC2(C)C)cc1. The second-order valence-electron chi connectivity index (χ2n) is 5.83. The molecule has 0 aromatic heterocycles. The van der Waals surface area contributed by atoms with E-state index in [4.69, 9.17) is 9.47 Å². The summed E-state index contributed by atoms with van der Waals surface area (Å²) in [6.45, 7) is 6.62. The normalized spacial score (nSPS) is 21.0. The summed E-state index contributed by atoms with van der Waals surface area (Å²) in [5, 5.41) is 0. The standard InChI is InChI=1S/C16H23NO3/c1-12-17(16(2,3)11-20-12)15(18)10-7-13-5-8-14(19-4)9-6-13/h5-6,8-9,12H,7,10-11H2,1-4H3. The van der Waals surface area contributed by atoms with Crippen molar-refractivity contribution in [3.05, 3.63) is 29.8 Å². The van der Waals surface area contributed by atoms with Gasteiger partial charge in [0, 0.05) is 6.42 Å². The van der Waals surface area contributed by atoms with Crippen molar-refractivity contribution in [2.24, 2.45) is 0 Å². The molecule has 0 saturated carbocycles. The van der Waals surface area contributed by atoms with E-state index in [1.807, 2.05) is 49.9 Å². The first-order valence-electron chi connectivity index (χ1n) is 7.01. The molecule has 110 valence electrons. The Morgan fingerprint density at radius 3 is 2.55 bits per heavy atom. The smallest absolute Gasteiger partial charge is 0.225 e. The minimum absolute atomic E-state index is 0.131. The largest absolute Gasteiger partial charge is 0.497 e. The molecular formula is C16H23NO3. The van der Waals surface area contributed by atoms with Crippen LogP contribution in [0.25, 0.3) is 0 Å². The van der Waals surface area contributed by atoms with Crippen molar-refractivity contribution >= 4 is 5.91 Å². The molecule has 0 radical (unpaired) electrons. The maximum atomic E-state index is 12.4. The van der Waals surface area contributed by atoms with Crippen molar-refractivity contribution in [3.63, 3.8) is 0 Å². The number of ether oxygens (including phenoxy) is 2. The van der Waals surface area contributed by atoms with Crippen molar-refractivity contribution < 1.29 is 14.3 Å². The van der Waals surface area contributed by atoms with Gasteiger partial charge in [-0.3, -0.25) is 4.79 Å². The molecule has 0 aliphatic carbocycles. The van der Waals surface area contributed by atoms with E-state index in [0.29, 0.717) is 13.0 Å². The number of benzene rings is 1. The molecule has 0 spiro atoms. The summed E-state index contributed by atoms with van der Waals surface area (Å²) in [5.41, 5.74) is 0.931. The maximum Gasteiger partial charge on any atom is 0.225 e. The van der Waals surface area contributed by atoms with Crippen LogP contribution < -0.4 is 4.74 Å². The maximum absolute atomic E-state index is 12.4. The first kappa shape index (κ1) is 14.9. The van der Waals surface area contributed by atoms with Gasteiger partial charge in [-0.25, -0.2) is 0 Å². The first-order valence-corrected chi connectivity index (χ1v) is 7.01. The van der Waals surface area contributed by atoms with Crippen LogP contribution in [0.3, 0.4) is 0 Å². The highest BCUT2D eigenvalue weighted by Gasteiger charge is 2.40. The van der Waals surface area contributed by atoms with Crippen molar-refractivity contribution in [3.8, 4) is 5.75 Å². The summed E-state index contributed by atoms with van der Waals surface area (Å²) < 4.78 is 10.7. The van der Waals surface area contributed by atoms with Crippen LogP contribution in [0.1, 0.15) is 32.8 Å². The highest BCUT2D eigenvalue weighted by molar-refractivity contribution is 5.77. The van der Waals surface area contributed by atoms with E-state index in [0.717, 1.165) is 17.7 Å². The topological polar surface area (TPSA) is 38.8 Å². The highest BCUT2D eigenvalue weighted by atomic mass is 16.5. The fourth-order valence-electron chi connectivity index (χ4n) is 2.67. The number of aryl methyl sites for hydroxylation is 1. The molecule has 1 aliphatic heterocycles. The number of amides is 1. The first-order chi connectivity index (χ1) is 9.44. The Bertz CT molecular complexity index is 467. The number of carbonyl (C=O) groups excluding carboxylic acids is 1. The Labute approximate surface area is 120 Å². The molecule has 1 fully saturated rings. The Kier molecular flexibility index (Phi) is 4.33. The highest BCUT2D eigenvalue weighted by Crippen LogP contribution is 2.27. The average Bonchev–Trinajstić information content (AvgIpc) is 2.70. The molecule has 0 N–H and O–H groups in total. The number of carbonyl (C=O) groups is 1. The van der Waals surface area contributed by atoms with E-state index >= 15 is 0 Å². The predicted molar refractivity (Wildman–Crippen MR) is 77.7 cm³/mol. The number of nitrogens with zero attached hydrogens (tertiary/aromatic N) is 1. The summed E-state index contributed by atoms with van der Waals surface area (Å²) in [5.74, 6) is 0.985. The van der Waals surface area contributed by atoms with Gasteiger partial charge in [0.2, 0.25) is 5.91 Å². The van der Waals surface area contributed by atoms with Crippen LogP contribution in [-0.2, 0) is 16.0 Å². The molecule has 1 atom stereocenters. The lowest BCUT2D eigenvalue weighted by molar-refractivity contribution is -0.139. The molecule has 1 aliphatic rings. The van der Waals surface area contributed by atoms with E-state index in [1.165, 1.54) is 0 Å². The zero-order chi connectivity index (χ0) is 14.8. The van der Waals surface area contributed by atoms with E-state index in [9.17, 15) is 4.79 Å². The van der Waals surface area contributed by atoms with E-state index in [1.54, 1.807) is 7.11 Å². The minimum Gasteiger partial charge on any atom is -0.497 e. The van der Waals surface area contributed by atoms with Gasteiger partial charge in [0.15, 0.2) is 0 Å². The van der Waals surface area contributed by atoms with E-state index < -0.39 is 0 Å². The zero-order valence-electron chi connectivity index (χ0n) is 12.7. The van der Waals surface area contributed by atoms with Crippen LogP contribution in [0.5, 0.6) is 5.75 Å². The quantitative estimate of drug-likeness (QED) is 0.849. The molecule has 1 unspecified atom stereocenters. The second kappa shape index (κ2) is 5.83. The molecule has 2 rings (SSSR count). The summed E-state index contributed by atoms with van der Waals surface area (Å²) in [4.78, 5) is 14.2. The third kappa shape index (κ3) is 3.12. The minimum atomic E-state index is -0.212. The molecule has 1 saturated heterocycles. The molecule has 4 nitrogen and oxygen atoms in total. The number of rotatable bonds is 4. The summed E-state index contributed by atoms with van der Waals surface area (Å²) in [6.07, 6.45) is 1.11. The van der Waals surface area contributed by atoms with E-state index in [-0.39, 0.29) is 17.7 Å². The van der Waals surface area contributed by atoms with Crippen LogP contribution in [0.2, 0.25) is 0 Å². The zero-order valence-corrected chi connectivity index (χ0v) is 12.7. The molecular weight excluding hydrogens is 254 g/mol. The summed E-state index contributed by atoms with van der Waals surface area (Å²) >= 11 is 0. The van der Waals surface area contributed by atoms with Crippen LogP contribution >= 0.6 is 0 Å². The third-order valence-electron chi connectivity index (χ3n) is 3.75. The molecule has 20 heavy (non-hydrogen) atoms. The van der Waals surface area contributed by atoms with Gasteiger partial charge in [-0.1, -0.05) is 12.1 Å². The summed E-state index contributed by atoms with van der Waals surface area (Å²) in [7, 11) is 1.65. The van der Waals surface area contributed by atoms with Gasteiger partial charge >= 0.3 is 0 Å². The van der Waals surface area contributed by atoms with Crippen molar-refractivity contribution in [2.45, 2.75) is 45.4 Å². The van der Waals surface area contributed by atoms with Crippen molar-refractivity contribution in [1.82, 2.24) is 4.90 Å². The van der Waals surface area contributed by atoms with Gasteiger partial charge in [0.25, 0.3) is 0 Å². The number of hydrogen-bond donors (Lipinski definition) is 0. The average molecular weight is 277 g/mol. The van der Waals surface area contributed by atoms with Crippen LogP contribution in [0.15, 0.2) is 24.3 Å². The summed E-state index contributed by atoms with van der Waals surface area (Å²) in [6, 6.07) is 7.85.